The first-order valence-corrected chi connectivity index (χ1v) is 4.99. The number of halogens is 1. The third-order valence-corrected chi connectivity index (χ3v) is 3.82. The third-order valence-electron chi connectivity index (χ3n) is 3.82. The molecule has 0 N–H and O–H groups in total. The van der Waals surface area contributed by atoms with Crippen LogP contribution in [0, 0.1) is 12.7 Å². The van der Waals surface area contributed by atoms with Crippen molar-refractivity contribution in [2.24, 2.45) is 0 Å². The summed E-state index contributed by atoms with van der Waals surface area (Å²) in [6.07, 6.45) is 1.33. The summed E-state index contributed by atoms with van der Waals surface area (Å²) in [5.74, 6) is 1.56. The molecule has 1 heterocycles. The van der Waals surface area contributed by atoms with Gasteiger partial charge in [-0.1, -0.05) is 29.7 Å². The van der Waals surface area contributed by atoms with E-state index in [1.165, 1.54) is 17.4 Å². The average molecular weight is 174 g/mol. The van der Waals surface area contributed by atoms with Crippen molar-refractivity contribution in [3.05, 3.63) is 29.1 Å². The molecule has 0 amide bonds. The summed E-state index contributed by atoms with van der Waals surface area (Å²) in [5.41, 5.74) is 3.62. The van der Waals surface area contributed by atoms with E-state index < -0.39 is 0 Å². The van der Waals surface area contributed by atoms with Crippen molar-refractivity contribution in [3.63, 3.8) is 0 Å². The molecule has 3 rings (SSSR count). The quantitative estimate of drug-likeness (QED) is 0.529. The van der Waals surface area contributed by atoms with Gasteiger partial charge in [-0.3, -0.25) is 0 Å². The molecule has 0 bridgehead atoms. The van der Waals surface area contributed by atoms with Crippen LogP contribution in [0.3, 0.4) is 0 Å². The molecule has 0 saturated heterocycles. The van der Waals surface area contributed by atoms with Gasteiger partial charge >= 0.3 is 0 Å². The monoisotopic (exact) mass is 174 g/mol. The lowest BCUT2D eigenvalue weighted by molar-refractivity contribution is 0.619. The van der Waals surface area contributed by atoms with Gasteiger partial charge in [0.2, 0.25) is 0 Å². The van der Waals surface area contributed by atoms with Crippen LogP contribution in [0.5, 0.6) is 0 Å². The van der Waals surface area contributed by atoms with Crippen molar-refractivity contribution >= 4 is 12.2 Å². The van der Waals surface area contributed by atoms with E-state index >= 15 is 0 Å². The summed E-state index contributed by atoms with van der Waals surface area (Å²) < 4.78 is 13.3. The Morgan fingerprint density at radius 2 is 2.23 bits per heavy atom. The molecule has 2 atom stereocenters. The molecule has 0 nitrogen and oxygen atoms in total. The van der Waals surface area contributed by atoms with Crippen LogP contribution < -0.4 is 5.46 Å². The van der Waals surface area contributed by atoms with Crippen LogP contribution in [0.1, 0.15) is 23.5 Å². The minimum absolute atomic E-state index is 0.0353. The standard InChI is InChI=1S/C11H12BF/c1-6-10(13)4-3-7-8-5-9(8)12(2)11(6)7/h3-4,8-9H,5H2,1-2H3. The summed E-state index contributed by atoms with van der Waals surface area (Å²) >= 11 is 0. The highest BCUT2D eigenvalue weighted by Gasteiger charge is 2.51. The topological polar surface area (TPSA) is 0 Å². The van der Waals surface area contributed by atoms with Gasteiger partial charge in [-0.2, -0.15) is 0 Å². The molecule has 1 aromatic rings. The minimum Gasteiger partial charge on any atom is -0.207 e. The van der Waals surface area contributed by atoms with E-state index in [2.05, 4.69) is 6.82 Å². The van der Waals surface area contributed by atoms with Gasteiger partial charge < -0.3 is 0 Å². The highest BCUT2D eigenvalue weighted by atomic mass is 19.1. The van der Waals surface area contributed by atoms with E-state index in [-0.39, 0.29) is 5.82 Å². The number of benzene rings is 1. The fraction of sp³-hybridized carbons (Fsp3) is 0.455. The Morgan fingerprint density at radius 1 is 1.46 bits per heavy atom. The van der Waals surface area contributed by atoms with Crippen LogP contribution in [0.15, 0.2) is 12.1 Å². The zero-order valence-electron chi connectivity index (χ0n) is 7.97. The maximum absolute atomic E-state index is 13.3. The van der Waals surface area contributed by atoms with Gasteiger partial charge in [-0.25, -0.2) is 4.39 Å². The lowest BCUT2D eigenvalue weighted by Gasteiger charge is -2.11. The lowest BCUT2D eigenvalue weighted by atomic mass is 9.44. The second-order valence-corrected chi connectivity index (χ2v) is 4.47. The van der Waals surface area contributed by atoms with Gasteiger partial charge in [0.05, 0.1) is 0 Å². The molecule has 1 aliphatic carbocycles. The molecule has 1 aromatic carbocycles. The first-order valence-electron chi connectivity index (χ1n) is 4.99. The van der Waals surface area contributed by atoms with Crippen LogP contribution in [0.2, 0.25) is 12.6 Å². The maximum atomic E-state index is 13.3. The maximum Gasteiger partial charge on any atom is 0.177 e. The Bertz CT molecular complexity index is 386. The Hall–Kier alpha value is -0.785. The highest BCUT2D eigenvalue weighted by Crippen LogP contribution is 2.58. The van der Waals surface area contributed by atoms with Crippen molar-refractivity contribution in [3.8, 4) is 0 Å². The summed E-state index contributed by atoms with van der Waals surface area (Å²) in [6, 6.07) is 3.62. The molecule has 0 aromatic heterocycles. The van der Waals surface area contributed by atoms with Crippen molar-refractivity contribution < 1.29 is 4.39 Å². The van der Waals surface area contributed by atoms with Crippen molar-refractivity contribution in [1.29, 1.82) is 0 Å². The molecule has 0 radical (unpaired) electrons. The molecule has 1 fully saturated rings. The normalized spacial score (nSPS) is 28.7. The molecule has 1 aliphatic heterocycles. The van der Waals surface area contributed by atoms with Crippen molar-refractivity contribution in [1.82, 2.24) is 0 Å². The molecular weight excluding hydrogens is 162 g/mol. The van der Waals surface area contributed by atoms with E-state index in [1.54, 1.807) is 6.07 Å². The van der Waals surface area contributed by atoms with E-state index in [0.717, 1.165) is 17.3 Å². The Labute approximate surface area is 78.2 Å². The molecule has 2 aliphatic rings. The predicted molar refractivity (Wildman–Crippen MR) is 53.5 cm³/mol. The van der Waals surface area contributed by atoms with Crippen molar-refractivity contribution in [2.45, 2.75) is 31.9 Å². The predicted octanol–water partition coefficient (Wildman–Crippen LogP) is 2.34. The van der Waals surface area contributed by atoms with E-state index in [9.17, 15) is 4.39 Å². The van der Waals surface area contributed by atoms with Gasteiger partial charge in [-0.05, 0) is 30.9 Å². The molecule has 66 valence electrons. The van der Waals surface area contributed by atoms with Crippen molar-refractivity contribution in [2.75, 3.05) is 0 Å². The molecular formula is C11H12BF. The number of hydrogen-bond acceptors (Lipinski definition) is 0. The average Bonchev–Trinajstić information content (AvgIpc) is 2.83. The van der Waals surface area contributed by atoms with Gasteiger partial charge in [0.15, 0.2) is 6.71 Å². The van der Waals surface area contributed by atoms with Gasteiger partial charge in [0.25, 0.3) is 0 Å². The zero-order chi connectivity index (χ0) is 9.16. The molecule has 1 saturated carbocycles. The SMILES string of the molecule is CB1c2c(ccc(F)c2C)C2CC12. The Morgan fingerprint density at radius 3 is 3.00 bits per heavy atom. The summed E-state index contributed by atoms with van der Waals surface area (Å²) in [7, 11) is 0. The molecule has 13 heavy (non-hydrogen) atoms. The first-order chi connectivity index (χ1) is 6.20. The summed E-state index contributed by atoms with van der Waals surface area (Å²) in [4.78, 5) is 0. The number of fused-ring (bicyclic) bond motifs is 3. The van der Waals surface area contributed by atoms with Crippen LogP contribution >= 0.6 is 0 Å². The molecule has 2 unspecified atom stereocenters. The summed E-state index contributed by atoms with van der Waals surface area (Å²) in [5, 5.41) is 0. The smallest absolute Gasteiger partial charge is 0.177 e. The van der Waals surface area contributed by atoms with Gasteiger partial charge in [-0.15, -0.1) is 0 Å². The second kappa shape index (κ2) is 2.17. The minimum atomic E-state index is -0.0353. The summed E-state index contributed by atoms with van der Waals surface area (Å²) in [6.45, 7) is 4.74. The van der Waals surface area contributed by atoms with Crippen LogP contribution in [-0.4, -0.2) is 6.71 Å². The Kier molecular flexibility index (Phi) is 1.27. The van der Waals surface area contributed by atoms with Crippen LogP contribution in [0.4, 0.5) is 4.39 Å². The van der Waals surface area contributed by atoms with Crippen LogP contribution in [-0.2, 0) is 0 Å². The number of hydrogen-bond donors (Lipinski definition) is 0. The van der Waals surface area contributed by atoms with E-state index in [0.29, 0.717) is 6.71 Å². The second-order valence-electron chi connectivity index (χ2n) is 4.47. The van der Waals surface area contributed by atoms with Crippen LogP contribution in [0.25, 0.3) is 0 Å². The third kappa shape index (κ3) is 0.813. The fourth-order valence-corrected chi connectivity index (χ4v) is 2.99. The lowest BCUT2D eigenvalue weighted by Crippen LogP contribution is -2.29. The largest absolute Gasteiger partial charge is 0.207 e. The first kappa shape index (κ1) is 7.60. The molecule has 2 heteroatoms. The zero-order valence-corrected chi connectivity index (χ0v) is 7.97. The molecule has 0 spiro atoms. The van der Waals surface area contributed by atoms with Gasteiger partial charge in [0, 0.05) is 0 Å². The van der Waals surface area contributed by atoms with Gasteiger partial charge in [0.1, 0.15) is 5.82 Å². The van der Waals surface area contributed by atoms with E-state index in [4.69, 9.17) is 0 Å². The fourth-order valence-electron chi connectivity index (χ4n) is 2.99. The Balaban J connectivity index is 2.26. The van der Waals surface area contributed by atoms with E-state index in [1.807, 2.05) is 13.0 Å². The highest BCUT2D eigenvalue weighted by molar-refractivity contribution is 6.77. The number of rotatable bonds is 0.